The predicted octanol–water partition coefficient (Wildman–Crippen LogP) is 6.40. The highest BCUT2D eigenvalue weighted by Crippen LogP contribution is 2.39. The smallest absolute Gasteiger partial charge is 0.262 e. The third kappa shape index (κ3) is 5.12. The number of hydrogen-bond acceptors (Lipinski definition) is 5. The fourth-order valence-electron chi connectivity index (χ4n) is 4.00. The second-order valence-electron chi connectivity index (χ2n) is 9.40. The molecule has 3 N–H and O–H groups in total. The van der Waals surface area contributed by atoms with E-state index in [0.717, 1.165) is 27.3 Å². The molecule has 0 bridgehead atoms. The van der Waals surface area contributed by atoms with Crippen molar-refractivity contribution in [3.63, 3.8) is 0 Å². The number of fused-ring (bicyclic) bond motifs is 1. The van der Waals surface area contributed by atoms with Crippen LogP contribution in [0, 0.1) is 0 Å². The van der Waals surface area contributed by atoms with E-state index in [2.05, 4.69) is 44.1 Å². The lowest BCUT2D eigenvalue weighted by atomic mass is 10.0. The molecule has 0 aliphatic heterocycles. The van der Waals surface area contributed by atoms with E-state index in [1.54, 1.807) is 6.20 Å². The van der Waals surface area contributed by atoms with Crippen molar-refractivity contribution in [2.24, 2.45) is 5.73 Å². The monoisotopic (exact) mass is 496 g/mol. The standard InChI is InChI=1S/C26H29ClN4O2S/c1-15(30-26(3,4)5)17-9-10-18(19(27)12-17)16(2)33-21-13-22(34-24(21)25(28)32)20-14-29-23-8-6-7-11-31(20)23/h6-16,30H,1-5H3,(H2,28,32)/t15?,16-/m1/s1. The van der Waals surface area contributed by atoms with Gasteiger partial charge in [0, 0.05) is 34.4 Å². The Morgan fingerprint density at radius 3 is 2.65 bits per heavy atom. The van der Waals surface area contributed by atoms with Gasteiger partial charge in [-0.25, -0.2) is 4.98 Å². The lowest BCUT2D eigenvalue weighted by Crippen LogP contribution is -2.37. The van der Waals surface area contributed by atoms with Crippen molar-refractivity contribution >= 4 is 34.5 Å². The average molecular weight is 497 g/mol. The minimum absolute atomic E-state index is 0.0103. The van der Waals surface area contributed by atoms with Gasteiger partial charge in [0.25, 0.3) is 5.91 Å². The minimum Gasteiger partial charge on any atom is -0.484 e. The number of carbonyl (C=O) groups is 1. The first-order valence-electron chi connectivity index (χ1n) is 11.1. The van der Waals surface area contributed by atoms with Crippen LogP contribution in [0.15, 0.2) is 54.9 Å². The molecule has 4 rings (SSSR count). The summed E-state index contributed by atoms with van der Waals surface area (Å²) in [5.74, 6) is -0.0930. The number of pyridine rings is 1. The van der Waals surface area contributed by atoms with Crippen LogP contribution in [0.1, 0.15) is 67.6 Å². The van der Waals surface area contributed by atoms with Crippen LogP contribution in [0.5, 0.6) is 5.75 Å². The molecular formula is C26H29ClN4O2S. The number of halogens is 1. The van der Waals surface area contributed by atoms with Gasteiger partial charge in [-0.1, -0.05) is 29.8 Å². The molecule has 34 heavy (non-hydrogen) atoms. The molecule has 0 fully saturated rings. The lowest BCUT2D eigenvalue weighted by molar-refractivity contribution is 0.0998. The Kier molecular flexibility index (Phi) is 6.71. The van der Waals surface area contributed by atoms with E-state index in [9.17, 15) is 4.79 Å². The Morgan fingerprint density at radius 2 is 1.97 bits per heavy atom. The van der Waals surface area contributed by atoms with Crippen LogP contribution < -0.4 is 15.8 Å². The summed E-state index contributed by atoms with van der Waals surface area (Å²) in [5.41, 5.74) is 9.30. The van der Waals surface area contributed by atoms with Crippen LogP contribution >= 0.6 is 22.9 Å². The number of primary amides is 1. The molecule has 4 aromatic rings. The first-order valence-corrected chi connectivity index (χ1v) is 12.3. The Morgan fingerprint density at radius 1 is 1.21 bits per heavy atom. The third-order valence-electron chi connectivity index (χ3n) is 5.51. The largest absolute Gasteiger partial charge is 0.484 e. The van der Waals surface area contributed by atoms with E-state index in [0.29, 0.717) is 15.6 Å². The maximum atomic E-state index is 12.2. The number of thiophene rings is 1. The fraction of sp³-hybridized carbons (Fsp3) is 0.308. The van der Waals surface area contributed by atoms with E-state index in [1.807, 2.05) is 53.9 Å². The number of nitrogens with one attached hydrogen (secondary N) is 1. The zero-order valence-corrected chi connectivity index (χ0v) is 21.5. The number of nitrogens with zero attached hydrogens (tertiary/aromatic N) is 2. The average Bonchev–Trinajstić information content (AvgIpc) is 3.36. The molecule has 6 nitrogen and oxygen atoms in total. The summed E-state index contributed by atoms with van der Waals surface area (Å²) < 4.78 is 8.19. The highest BCUT2D eigenvalue weighted by molar-refractivity contribution is 7.17. The van der Waals surface area contributed by atoms with Crippen LogP contribution in [0.3, 0.4) is 0 Å². The summed E-state index contributed by atoms with van der Waals surface area (Å²) in [6, 6.07) is 13.8. The van der Waals surface area contributed by atoms with E-state index < -0.39 is 5.91 Å². The van der Waals surface area contributed by atoms with E-state index >= 15 is 0 Å². The summed E-state index contributed by atoms with van der Waals surface area (Å²) in [5, 5.41) is 4.17. The molecule has 3 heterocycles. The van der Waals surface area contributed by atoms with E-state index in [4.69, 9.17) is 22.1 Å². The van der Waals surface area contributed by atoms with Crippen molar-refractivity contribution in [2.45, 2.75) is 52.3 Å². The molecule has 3 aromatic heterocycles. The van der Waals surface area contributed by atoms with Gasteiger partial charge in [-0.05, 0) is 58.4 Å². The normalized spacial score (nSPS) is 13.7. The second kappa shape index (κ2) is 9.41. The second-order valence-corrected chi connectivity index (χ2v) is 10.9. The summed E-state index contributed by atoms with van der Waals surface area (Å²) in [6.07, 6.45) is 3.33. The number of imidazole rings is 1. The first-order chi connectivity index (χ1) is 16.0. The molecule has 1 aromatic carbocycles. The summed E-state index contributed by atoms with van der Waals surface area (Å²) in [7, 11) is 0. The molecule has 0 aliphatic rings. The van der Waals surface area contributed by atoms with Crippen molar-refractivity contribution < 1.29 is 9.53 Å². The van der Waals surface area contributed by atoms with Gasteiger partial charge in [0.15, 0.2) is 0 Å². The predicted molar refractivity (Wildman–Crippen MR) is 139 cm³/mol. The molecule has 8 heteroatoms. The maximum absolute atomic E-state index is 12.2. The fourth-order valence-corrected chi connectivity index (χ4v) is 5.30. The third-order valence-corrected chi connectivity index (χ3v) is 6.99. The number of rotatable bonds is 7. The molecule has 0 spiro atoms. The van der Waals surface area contributed by atoms with Gasteiger partial charge in [-0.2, -0.15) is 0 Å². The Labute approximate surface area is 208 Å². The molecule has 2 atom stereocenters. The van der Waals surface area contributed by atoms with Crippen LogP contribution in [-0.4, -0.2) is 20.8 Å². The van der Waals surface area contributed by atoms with Crippen molar-refractivity contribution in [1.82, 2.24) is 14.7 Å². The van der Waals surface area contributed by atoms with Gasteiger partial charge in [0.05, 0.1) is 16.8 Å². The van der Waals surface area contributed by atoms with Crippen molar-refractivity contribution in [3.8, 4) is 16.3 Å². The van der Waals surface area contributed by atoms with Crippen LogP contribution in [-0.2, 0) is 0 Å². The Hall–Kier alpha value is -2.87. The molecule has 1 amide bonds. The van der Waals surface area contributed by atoms with Gasteiger partial charge in [-0.15, -0.1) is 11.3 Å². The summed E-state index contributed by atoms with van der Waals surface area (Å²) in [6.45, 7) is 10.4. The molecule has 0 saturated heterocycles. The number of ether oxygens (including phenoxy) is 1. The number of amides is 1. The van der Waals surface area contributed by atoms with Gasteiger partial charge in [-0.3, -0.25) is 9.20 Å². The number of hydrogen-bond donors (Lipinski definition) is 2. The maximum Gasteiger partial charge on any atom is 0.262 e. The highest BCUT2D eigenvalue weighted by atomic mass is 35.5. The van der Waals surface area contributed by atoms with Crippen LogP contribution in [0.25, 0.3) is 16.2 Å². The number of nitrogens with two attached hydrogens (primary N) is 1. The Balaban J connectivity index is 1.60. The molecule has 178 valence electrons. The van der Waals surface area contributed by atoms with Crippen molar-refractivity contribution in [3.05, 3.63) is 75.9 Å². The topological polar surface area (TPSA) is 81.7 Å². The molecule has 0 radical (unpaired) electrons. The number of aromatic nitrogens is 2. The molecular weight excluding hydrogens is 468 g/mol. The minimum atomic E-state index is -0.532. The molecule has 1 unspecified atom stereocenters. The number of carbonyl (C=O) groups excluding carboxylic acids is 1. The summed E-state index contributed by atoms with van der Waals surface area (Å²) >= 11 is 7.94. The molecule has 0 aliphatic carbocycles. The zero-order valence-electron chi connectivity index (χ0n) is 19.9. The Bertz CT molecular complexity index is 1340. The van der Waals surface area contributed by atoms with Crippen molar-refractivity contribution in [1.29, 1.82) is 0 Å². The van der Waals surface area contributed by atoms with Gasteiger partial charge < -0.3 is 15.8 Å². The quantitative estimate of drug-likeness (QED) is 0.310. The van der Waals surface area contributed by atoms with Gasteiger partial charge in [0.2, 0.25) is 0 Å². The van der Waals surface area contributed by atoms with Gasteiger partial charge in [0.1, 0.15) is 22.4 Å². The van der Waals surface area contributed by atoms with Crippen LogP contribution in [0.4, 0.5) is 0 Å². The van der Waals surface area contributed by atoms with E-state index in [1.165, 1.54) is 11.3 Å². The van der Waals surface area contributed by atoms with Crippen molar-refractivity contribution in [2.75, 3.05) is 0 Å². The first kappa shape index (κ1) is 24.3. The van der Waals surface area contributed by atoms with E-state index in [-0.39, 0.29) is 17.7 Å². The van der Waals surface area contributed by atoms with Gasteiger partial charge >= 0.3 is 0 Å². The SMILES string of the molecule is CC(NC(C)(C)C)c1ccc([C@@H](C)Oc2cc(-c3cnc4ccccn34)sc2C(N)=O)c(Cl)c1. The number of benzene rings is 1. The lowest BCUT2D eigenvalue weighted by Gasteiger charge is -2.27. The van der Waals surface area contributed by atoms with Crippen LogP contribution in [0.2, 0.25) is 5.02 Å². The highest BCUT2D eigenvalue weighted by Gasteiger charge is 2.22. The zero-order chi connectivity index (χ0) is 24.6. The molecule has 0 saturated carbocycles. The summed E-state index contributed by atoms with van der Waals surface area (Å²) in [4.78, 5) is 17.8.